The molecule has 6 heteroatoms. The van der Waals surface area contributed by atoms with Gasteiger partial charge in [0.1, 0.15) is 0 Å². The van der Waals surface area contributed by atoms with Crippen LogP contribution in [0.25, 0.3) is 0 Å². The second-order valence-electron chi connectivity index (χ2n) is 5.70. The van der Waals surface area contributed by atoms with E-state index in [1.165, 1.54) is 7.11 Å². The van der Waals surface area contributed by atoms with Crippen molar-refractivity contribution in [1.82, 2.24) is 10.2 Å². The lowest BCUT2D eigenvalue weighted by Gasteiger charge is -2.22. The number of nitrogens with zero attached hydrogens (tertiary/aromatic N) is 1. The molecule has 0 radical (unpaired) electrons. The topological polar surface area (TPSA) is 58.6 Å². The summed E-state index contributed by atoms with van der Waals surface area (Å²) in [6.45, 7) is 4.49. The van der Waals surface area contributed by atoms with Crippen molar-refractivity contribution in [3.8, 4) is 0 Å². The molecule has 0 spiro atoms. The van der Waals surface area contributed by atoms with Crippen molar-refractivity contribution in [2.24, 2.45) is 5.92 Å². The van der Waals surface area contributed by atoms with E-state index in [-0.39, 0.29) is 30.4 Å². The summed E-state index contributed by atoms with van der Waals surface area (Å²) in [6.07, 6.45) is 0.787. The molecule has 1 rings (SSSR count). The zero-order valence-corrected chi connectivity index (χ0v) is 14.9. The summed E-state index contributed by atoms with van der Waals surface area (Å²) in [7, 11) is 3.17. The predicted octanol–water partition coefficient (Wildman–Crippen LogP) is 2.65. The van der Waals surface area contributed by atoms with Crippen molar-refractivity contribution in [1.29, 1.82) is 0 Å². The van der Waals surface area contributed by atoms with E-state index in [4.69, 9.17) is 16.3 Å². The van der Waals surface area contributed by atoms with Crippen LogP contribution in [-0.2, 0) is 14.3 Å². The highest BCUT2D eigenvalue weighted by Gasteiger charge is 2.18. The first kappa shape index (κ1) is 19.5. The molecule has 0 aliphatic rings. The molecule has 1 aromatic rings. The molecule has 1 N–H and O–H groups in total. The van der Waals surface area contributed by atoms with Crippen molar-refractivity contribution >= 4 is 23.5 Å². The van der Waals surface area contributed by atoms with Gasteiger partial charge in [-0.15, -0.1) is 0 Å². The maximum Gasteiger partial charge on any atom is 0.309 e. The number of benzene rings is 1. The maximum absolute atomic E-state index is 12.2. The predicted molar refractivity (Wildman–Crippen MR) is 91.3 cm³/mol. The number of amides is 1. The van der Waals surface area contributed by atoms with Crippen LogP contribution in [-0.4, -0.2) is 44.0 Å². The van der Waals surface area contributed by atoms with Crippen LogP contribution in [0.4, 0.5) is 0 Å². The van der Waals surface area contributed by atoms with Gasteiger partial charge in [0.15, 0.2) is 0 Å². The van der Waals surface area contributed by atoms with Crippen molar-refractivity contribution in [2.75, 3.05) is 27.2 Å². The minimum Gasteiger partial charge on any atom is -0.469 e. The molecule has 5 nitrogen and oxygen atoms in total. The van der Waals surface area contributed by atoms with Gasteiger partial charge in [-0.05, 0) is 31.2 Å². The Morgan fingerprint density at radius 2 is 1.91 bits per heavy atom. The van der Waals surface area contributed by atoms with E-state index in [1.807, 2.05) is 43.1 Å². The number of esters is 1. The monoisotopic (exact) mass is 340 g/mol. The summed E-state index contributed by atoms with van der Waals surface area (Å²) >= 11 is 5.89. The number of carbonyl (C=O) groups excluding carboxylic acids is 2. The van der Waals surface area contributed by atoms with E-state index < -0.39 is 0 Å². The van der Waals surface area contributed by atoms with Gasteiger partial charge in [-0.25, -0.2) is 0 Å². The van der Waals surface area contributed by atoms with Crippen LogP contribution in [0.2, 0.25) is 5.02 Å². The normalized spacial score (nSPS) is 13.5. The molecular formula is C17H25ClN2O3. The largest absolute Gasteiger partial charge is 0.469 e. The molecule has 0 aliphatic heterocycles. The van der Waals surface area contributed by atoms with Crippen LogP contribution in [0.3, 0.4) is 0 Å². The number of methoxy groups -OCH3 is 1. The zero-order valence-electron chi connectivity index (χ0n) is 14.1. The quantitative estimate of drug-likeness (QED) is 0.739. The van der Waals surface area contributed by atoms with Crippen LogP contribution in [0.1, 0.15) is 31.9 Å². The molecule has 0 fully saturated rings. The van der Waals surface area contributed by atoms with Crippen molar-refractivity contribution in [2.45, 2.75) is 26.3 Å². The Kier molecular flexibility index (Phi) is 8.06. The molecule has 0 saturated heterocycles. The van der Waals surface area contributed by atoms with Crippen LogP contribution < -0.4 is 5.32 Å². The highest BCUT2D eigenvalue weighted by molar-refractivity contribution is 6.30. The number of hydrogen-bond donors (Lipinski definition) is 1. The summed E-state index contributed by atoms with van der Waals surface area (Å²) in [5.74, 6) is -0.618. The van der Waals surface area contributed by atoms with Gasteiger partial charge in [0.05, 0.1) is 25.6 Å². The molecule has 1 aromatic carbocycles. The van der Waals surface area contributed by atoms with Gasteiger partial charge in [-0.1, -0.05) is 37.6 Å². The molecular weight excluding hydrogens is 316 g/mol. The number of hydrogen-bond acceptors (Lipinski definition) is 4. The van der Waals surface area contributed by atoms with E-state index in [9.17, 15) is 9.59 Å². The molecule has 0 saturated carbocycles. The molecule has 1 amide bonds. The summed E-state index contributed by atoms with van der Waals surface area (Å²) < 4.78 is 4.69. The molecule has 0 aliphatic carbocycles. The number of nitrogens with one attached hydrogen (secondary N) is 1. The van der Waals surface area contributed by atoms with Gasteiger partial charge in [0.25, 0.3) is 0 Å². The van der Waals surface area contributed by atoms with E-state index in [2.05, 4.69) is 5.32 Å². The SMILES string of the molecule is CCC(NC(=O)CN(C)CC(C)C(=O)OC)c1ccc(Cl)cc1. The number of carbonyl (C=O) groups is 2. The number of ether oxygens (including phenoxy) is 1. The van der Waals surface area contributed by atoms with Gasteiger partial charge in [0.2, 0.25) is 5.91 Å². The molecule has 23 heavy (non-hydrogen) atoms. The first-order chi connectivity index (χ1) is 10.9. The fraction of sp³-hybridized carbons (Fsp3) is 0.529. The number of rotatable bonds is 8. The smallest absolute Gasteiger partial charge is 0.309 e. The molecule has 0 heterocycles. The average molecular weight is 341 g/mol. The first-order valence-electron chi connectivity index (χ1n) is 7.68. The highest BCUT2D eigenvalue weighted by Crippen LogP contribution is 2.19. The van der Waals surface area contributed by atoms with E-state index in [0.29, 0.717) is 11.6 Å². The van der Waals surface area contributed by atoms with Crippen molar-refractivity contribution < 1.29 is 14.3 Å². The molecule has 0 bridgehead atoms. The van der Waals surface area contributed by atoms with Gasteiger partial charge < -0.3 is 10.1 Å². The minimum absolute atomic E-state index is 0.0498. The van der Waals surface area contributed by atoms with Gasteiger partial charge in [-0.3, -0.25) is 14.5 Å². The third-order valence-electron chi connectivity index (χ3n) is 3.62. The van der Waals surface area contributed by atoms with Crippen LogP contribution in [0.15, 0.2) is 24.3 Å². The first-order valence-corrected chi connectivity index (χ1v) is 8.06. The molecule has 0 aromatic heterocycles. The van der Waals surface area contributed by atoms with Gasteiger partial charge in [-0.2, -0.15) is 0 Å². The Hall–Kier alpha value is -1.59. The van der Waals surface area contributed by atoms with E-state index in [0.717, 1.165) is 12.0 Å². The zero-order chi connectivity index (χ0) is 17.4. The van der Waals surface area contributed by atoms with Crippen molar-refractivity contribution in [3.05, 3.63) is 34.9 Å². The Morgan fingerprint density at radius 3 is 2.43 bits per heavy atom. The number of likely N-dealkylation sites (N-methyl/N-ethyl adjacent to an activating group) is 1. The van der Waals surface area contributed by atoms with E-state index in [1.54, 1.807) is 6.92 Å². The van der Waals surface area contributed by atoms with Gasteiger partial charge in [0, 0.05) is 11.6 Å². The third-order valence-corrected chi connectivity index (χ3v) is 3.87. The summed E-state index contributed by atoms with van der Waals surface area (Å²) in [5, 5.41) is 3.68. The third kappa shape index (κ3) is 6.59. The second kappa shape index (κ2) is 9.53. The minimum atomic E-state index is -0.273. The summed E-state index contributed by atoms with van der Waals surface area (Å²) in [4.78, 5) is 25.4. The molecule has 2 atom stereocenters. The number of halogens is 1. The molecule has 128 valence electrons. The van der Waals surface area contributed by atoms with Crippen LogP contribution in [0, 0.1) is 5.92 Å². The van der Waals surface area contributed by atoms with Crippen molar-refractivity contribution in [3.63, 3.8) is 0 Å². The Labute approximate surface area is 142 Å². The highest BCUT2D eigenvalue weighted by atomic mass is 35.5. The Morgan fingerprint density at radius 1 is 1.30 bits per heavy atom. The average Bonchev–Trinajstić information content (AvgIpc) is 2.52. The lowest BCUT2D eigenvalue weighted by molar-refractivity contribution is -0.145. The summed E-state index contributed by atoms with van der Waals surface area (Å²) in [5.41, 5.74) is 1.02. The Balaban J connectivity index is 2.53. The standard InChI is InChI=1S/C17H25ClN2O3/c1-5-15(13-6-8-14(18)9-7-13)19-16(21)11-20(3)10-12(2)17(22)23-4/h6-9,12,15H,5,10-11H2,1-4H3,(H,19,21). The van der Waals surface area contributed by atoms with Gasteiger partial charge >= 0.3 is 5.97 Å². The fourth-order valence-corrected chi connectivity index (χ4v) is 2.54. The Bertz CT molecular complexity index is 519. The van der Waals surface area contributed by atoms with Crippen LogP contribution >= 0.6 is 11.6 Å². The second-order valence-corrected chi connectivity index (χ2v) is 6.14. The fourth-order valence-electron chi connectivity index (χ4n) is 2.41. The lowest BCUT2D eigenvalue weighted by atomic mass is 10.0. The maximum atomic E-state index is 12.2. The molecule has 2 unspecified atom stereocenters. The lowest BCUT2D eigenvalue weighted by Crippen LogP contribution is -2.39. The van der Waals surface area contributed by atoms with Crippen LogP contribution in [0.5, 0.6) is 0 Å². The summed E-state index contributed by atoms with van der Waals surface area (Å²) in [6, 6.07) is 7.41. The van der Waals surface area contributed by atoms with E-state index >= 15 is 0 Å².